The summed E-state index contributed by atoms with van der Waals surface area (Å²) in [5.41, 5.74) is 1.84. The fourth-order valence-corrected chi connectivity index (χ4v) is 1.87. The molecule has 5 nitrogen and oxygen atoms in total. The van der Waals surface area contributed by atoms with E-state index in [2.05, 4.69) is 17.2 Å². The van der Waals surface area contributed by atoms with E-state index in [1.54, 1.807) is 14.2 Å². The van der Waals surface area contributed by atoms with Crippen molar-refractivity contribution in [2.24, 2.45) is 0 Å². The molecule has 21 heavy (non-hydrogen) atoms. The van der Waals surface area contributed by atoms with Gasteiger partial charge in [0.1, 0.15) is 5.75 Å². The maximum atomic E-state index is 11.4. The van der Waals surface area contributed by atoms with Crippen molar-refractivity contribution < 1.29 is 14.6 Å². The van der Waals surface area contributed by atoms with Crippen LogP contribution >= 0.6 is 0 Å². The molecule has 0 unspecified atom stereocenters. The number of methoxy groups -OCH3 is 1. The zero-order valence-electron chi connectivity index (χ0n) is 12.8. The first-order chi connectivity index (χ1) is 10.1. The number of amides is 1. The summed E-state index contributed by atoms with van der Waals surface area (Å²) in [7, 11) is 5.11. The number of likely N-dealkylation sites (N-methyl/N-ethyl adjacent to an activating group) is 2. The van der Waals surface area contributed by atoms with Gasteiger partial charge in [0.05, 0.1) is 20.3 Å². The van der Waals surface area contributed by atoms with Gasteiger partial charge in [-0.3, -0.25) is 9.69 Å². The molecular weight excluding hydrogens is 268 g/mol. The normalized spacial score (nSPS) is 9.95. The summed E-state index contributed by atoms with van der Waals surface area (Å²) in [6, 6.07) is 5.70. The smallest absolute Gasteiger partial charge is 0.233 e. The van der Waals surface area contributed by atoms with Gasteiger partial charge in [-0.25, -0.2) is 0 Å². The van der Waals surface area contributed by atoms with Crippen molar-refractivity contribution in [3.8, 4) is 17.6 Å². The number of carbonyl (C=O) groups excluding carboxylic acids is 1. The maximum Gasteiger partial charge on any atom is 0.233 e. The molecule has 0 saturated carbocycles. The molecule has 1 amide bonds. The minimum absolute atomic E-state index is 0.0321. The predicted octanol–water partition coefficient (Wildman–Crippen LogP) is 0.607. The Bertz CT molecular complexity index is 532. The molecule has 0 bridgehead atoms. The number of ether oxygens (including phenoxy) is 1. The molecule has 2 N–H and O–H groups in total. The number of rotatable bonds is 6. The van der Waals surface area contributed by atoms with E-state index in [0.29, 0.717) is 19.5 Å². The number of carbonyl (C=O) groups is 1. The minimum atomic E-state index is -0.0321. The third kappa shape index (κ3) is 5.86. The van der Waals surface area contributed by atoms with E-state index in [9.17, 15) is 4.79 Å². The van der Waals surface area contributed by atoms with Crippen molar-refractivity contribution in [3.05, 3.63) is 29.3 Å². The predicted molar refractivity (Wildman–Crippen MR) is 82.0 cm³/mol. The highest BCUT2D eigenvalue weighted by Crippen LogP contribution is 2.21. The monoisotopic (exact) mass is 290 g/mol. The Balaban J connectivity index is 2.85. The lowest BCUT2D eigenvalue weighted by molar-refractivity contribution is -0.121. The van der Waals surface area contributed by atoms with Crippen molar-refractivity contribution in [2.75, 3.05) is 34.4 Å². The van der Waals surface area contributed by atoms with Gasteiger partial charge >= 0.3 is 0 Å². The molecule has 0 radical (unpaired) electrons. The molecule has 0 aromatic heterocycles. The summed E-state index contributed by atoms with van der Waals surface area (Å²) >= 11 is 0. The molecule has 1 aromatic rings. The lowest BCUT2D eigenvalue weighted by atomic mass is 10.1. The van der Waals surface area contributed by atoms with Gasteiger partial charge in [0.2, 0.25) is 5.91 Å². The van der Waals surface area contributed by atoms with Crippen LogP contribution in [0.25, 0.3) is 0 Å². The second-order valence-corrected chi connectivity index (χ2v) is 4.65. The van der Waals surface area contributed by atoms with E-state index in [1.807, 2.05) is 30.1 Å². The maximum absolute atomic E-state index is 11.4. The number of benzene rings is 1. The van der Waals surface area contributed by atoms with E-state index in [4.69, 9.17) is 9.84 Å². The molecule has 0 aliphatic rings. The highest BCUT2D eigenvalue weighted by Gasteiger charge is 2.09. The number of nitrogens with zero attached hydrogens (tertiary/aromatic N) is 1. The summed E-state index contributed by atoms with van der Waals surface area (Å²) in [4.78, 5) is 13.3. The quantitative estimate of drug-likeness (QED) is 0.754. The Morgan fingerprint density at radius 3 is 2.86 bits per heavy atom. The zero-order chi connectivity index (χ0) is 15.7. The van der Waals surface area contributed by atoms with Gasteiger partial charge in [0.15, 0.2) is 0 Å². The third-order valence-corrected chi connectivity index (χ3v) is 2.88. The number of hydrogen-bond acceptors (Lipinski definition) is 4. The van der Waals surface area contributed by atoms with Crippen LogP contribution in [-0.2, 0) is 11.3 Å². The van der Waals surface area contributed by atoms with Crippen LogP contribution in [0, 0.1) is 11.8 Å². The van der Waals surface area contributed by atoms with E-state index in [0.717, 1.165) is 16.9 Å². The van der Waals surface area contributed by atoms with Gasteiger partial charge in [-0.1, -0.05) is 11.8 Å². The molecule has 0 aliphatic heterocycles. The van der Waals surface area contributed by atoms with Crippen LogP contribution in [0.2, 0.25) is 0 Å². The highest BCUT2D eigenvalue weighted by molar-refractivity contribution is 5.77. The van der Waals surface area contributed by atoms with Gasteiger partial charge in [-0.2, -0.15) is 0 Å². The highest BCUT2D eigenvalue weighted by atomic mass is 16.5. The molecule has 1 rings (SSSR count). The second-order valence-electron chi connectivity index (χ2n) is 4.65. The first kappa shape index (κ1) is 17.0. The van der Waals surface area contributed by atoms with Crippen molar-refractivity contribution in [1.82, 2.24) is 10.2 Å². The SMILES string of the molecule is CNC(=O)CN(C)Cc1cc(C#CCCO)ccc1OC. The van der Waals surface area contributed by atoms with Gasteiger partial charge in [0, 0.05) is 31.1 Å². The summed E-state index contributed by atoms with van der Waals surface area (Å²) < 4.78 is 5.34. The molecule has 5 heteroatoms. The van der Waals surface area contributed by atoms with Crippen LogP contribution < -0.4 is 10.1 Å². The van der Waals surface area contributed by atoms with Crippen LogP contribution in [0.15, 0.2) is 18.2 Å². The van der Waals surface area contributed by atoms with E-state index < -0.39 is 0 Å². The summed E-state index contributed by atoms with van der Waals surface area (Å²) in [6.07, 6.45) is 0.456. The third-order valence-electron chi connectivity index (χ3n) is 2.88. The van der Waals surface area contributed by atoms with Gasteiger partial charge < -0.3 is 15.2 Å². The summed E-state index contributed by atoms with van der Waals surface area (Å²) in [5, 5.41) is 11.3. The average Bonchev–Trinajstić information content (AvgIpc) is 2.47. The fourth-order valence-electron chi connectivity index (χ4n) is 1.87. The fraction of sp³-hybridized carbons (Fsp3) is 0.438. The molecule has 114 valence electrons. The first-order valence-corrected chi connectivity index (χ1v) is 6.76. The number of aliphatic hydroxyl groups excluding tert-OH is 1. The number of hydrogen-bond donors (Lipinski definition) is 2. The minimum Gasteiger partial charge on any atom is -0.496 e. The average molecular weight is 290 g/mol. The van der Waals surface area contributed by atoms with E-state index in [1.165, 1.54) is 0 Å². The number of aliphatic hydroxyl groups is 1. The van der Waals surface area contributed by atoms with Crippen molar-refractivity contribution in [2.45, 2.75) is 13.0 Å². The van der Waals surface area contributed by atoms with E-state index >= 15 is 0 Å². The van der Waals surface area contributed by atoms with E-state index in [-0.39, 0.29) is 12.5 Å². The molecule has 0 spiro atoms. The Morgan fingerprint density at radius 1 is 1.48 bits per heavy atom. The molecule has 1 aromatic carbocycles. The Kier molecular flexibility index (Phi) is 7.30. The van der Waals surface area contributed by atoms with Gasteiger partial charge in [-0.05, 0) is 25.2 Å². The molecule has 0 saturated heterocycles. The Hall–Kier alpha value is -2.03. The Labute approximate surface area is 125 Å². The first-order valence-electron chi connectivity index (χ1n) is 6.76. The van der Waals surface area contributed by atoms with Gasteiger partial charge in [-0.15, -0.1) is 0 Å². The van der Waals surface area contributed by atoms with Crippen LogP contribution in [-0.4, -0.2) is 50.3 Å². The van der Waals surface area contributed by atoms with Crippen LogP contribution in [0.4, 0.5) is 0 Å². The topological polar surface area (TPSA) is 61.8 Å². The number of nitrogens with one attached hydrogen (secondary N) is 1. The summed E-state index contributed by atoms with van der Waals surface area (Å²) in [6.45, 7) is 0.969. The zero-order valence-corrected chi connectivity index (χ0v) is 12.8. The lowest BCUT2D eigenvalue weighted by Crippen LogP contribution is -2.32. The summed E-state index contributed by atoms with van der Waals surface area (Å²) in [5.74, 6) is 6.63. The lowest BCUT2D eigenvalue weighted by Gasteiger charge is -2.17. The van der Waals surface area contributed by atoms with Crippen molar-refractivity contribution in [3.63, 3.8) is 0 Å². The van der Waals surface area contributed by atoms with Crippen molar-refractivity contribution in [1.29, 1.82) is 0 Å². The van der Waals surface area contributed by atoms with Crippen LogP contribution in [0.3, 0.4) is 0 Å². The molecule has 0 atom stereocenters. The van der Waals surface area contributed by atoms with Crippen LogP contribution in [0.5, 0.6) is 5.75 Å². The molecule has 0 aliphatic carbocycles. The van der Waals surface area contributed by atoms with Gasteiger partial charge in [0.25, 0.3) is 0 Å². The van der Waals surface area contributed by atoms with Crippen molar-refractivity contribution >= 4 is 5.91 Å². The molecule has 0 fully saturated rings. The Morgan fingerprint density at radius 2 is 2.24 bits per heavy atom. The largest absolute Gasteiger partial charge is 0.496 e. The second kappa shape index (κ2) is 9.01. The molecular formula is C16H22N2O3. The molecule has 0 heterocycles. The van der Waals surface area contributed by atoms with Crippen LogP contribution in [0.1, 0.15) is 17.5 Å². The standard InChI is InChI=1S/C16H22N2O3/c1-17-16(20)12-18(2)11-14-10-13(6-4-5-9-19)7-8-15(14)21-3/h7-8,10,19H,5,9,11-12H2,1-3H3,(H,17,20).